The summed E-state index contributed by atoms with van der Waals surface area (Å²) >= 11 is 6.08. The minimum Gasteiger partial charge on any atom is -0.492 e. The summed E-state index contributed by atoms with van der Waals surface area (Å²) in [5.74, 6) is 0.747. The van der Waals surface area contributed by atoms with Crippen molar-refractivity contribution >= 4 is 28.6 Å². The molecule has 0 saturated heterocycles. The van der Waals surface area contributed by atoms with Crippen LogP contribution in [0.5, 0.6) is 5.75 Å². The highest BCUT2D eigenvalue weighted by atomic mass is 35.5. The highest BCUT2D eigenvalue weighted by Crippen LogP contribution is 2.24. The van der Waals surface area contributed by atoms with Crippen LogP contribution in [0.1, 0.15) is 6.42 Å². The Morgan fingerprint density at radius 1 is 1.27 bits per heavy atom. The minimum absolute atomic E-state index is 0.445. The van der Waals surface area contributed by atoms with Crippen LogP contribution >= 0.6 is 11.6 Å². The van der Waals surface area contributed by atoms with E-state index in [1.807, 2.05) is 18.2 Å². The van der Waals surface area contributed by atoms with Crippen molar-refractivity contribution < 1.29 is 14.6 Å². The summed E-state index contributed by atoms with van der Waals surface area (Å²) in [4.78, 5) is 14.5. The van der Waals surface area contributed by atoms with Gasteiger partial charge in [-0.1, -0.05) is 11.6 Å². The maximum absolute atomic E-state index is 10.2. The predicted molar refractivity (Wildman–Crippen MR) is 85.8 cm³/mol. The van der Waals surface area contributed by atoms with Crippen LogP contribution in [-0.4, -0.2) is 42.4 Å². The molecule has 7 heteroatoms. The molecule has 2 rings (SSSR count). The van der Waals surface area contributed by atoms with Crippen molar-refractivity contribution in [3.63, 3.8) is 0 Å². The first-order valence-corrected chi connectivity index (χ1v) is 7.39. The Morgan fingerprint density at radius 2 is 2.14 bits per heavy atom. The first kappa shape index (κ1) is 16.3. The van der Waals surface area contributed by atoms with Crippen molar-refractivity contribution in [1.82, 2.24) is 15.6 Å². The van der Waals surface area contributed by atoms with Crippen LogP contribution in [0.2, 0.25) is 5.02 Å². The topological polar surface area (TPSA) is 83.5 Å². The molecule has 0 radical (unpaired) electrons. The molecule has 0 aliphatic carbocycles. The van der Waals surface area contributed by atoms with E-state index in [1.165, 1.54) is 0 Å². The Morgan fingerprint density at radius 3 is 2.95 bits per heavy atom. The molecule has 22 heavy (non-hydrogen) atoms. The van der Waals surface area contributed by atoms with E-state index in [0.29, 0.717) is 24.7 Å². The number of amides is 1. The molecular formula is C15H18ClN3O3. The van der Waals surface area contributed by atoms with Gasteiger partial charge in [-0.3, -0.25) is 4.98 Å². The summed E-state index contributed by atoms with van der Waals surface area (Å²) in [5.41, 5.74) is 0.803. The molecule has 118 valence electrons. The monoisotopic (exact) mass is 323 g/mol. The zero-order valence-electron chi connectivity index (χ0n) is 12.0. The Hall–Kier alpha value is -2.05. The standard InChI is InChI=1S/C15H18ClN3O3/c16-13-4-7-18-14-10-11(2-3-12(13)14)22-9-8-17-5-1-6-19-15(20)21/h2-4,7,10,17,19H,1,5-6,8-9H2,(H,20,21). The van der Waals surface area contributed by atoms with Crippen molar-refractivity contribution in [2.45, 2.75) is 6.42 Å². The van der Waals surface area contributed by atoms with E-state index in [-0.39, 0.29) is 0 Å². The molecule has 0 aliphatic heterocycles. The zero-order chi connectivity index (χ0) is 15.8. The maximum atomic E-state index is 10.2. The summed E-state index contributed by atoms with van der Waals surface area (Å²) in [6.45, 7) is 2.39. The number of nitrogens with zero attached hydrogens (tertiary/aromatic N) is 1. The first-order chi connectivity index (χ1) is 10.7. The molecule has 2 aromatic rings. The molecule has 0 atom stereocenters. The first-order valence-electron chi connectivity index (χ1n) is 7.01. The Balaban J connectivity index is 1.68. The van der Waals surface area contributed by atoms with Gasteiger partial charge in [0.05, 0.1) is 10.5 Å². The molecule has 1 amide bonds. The molecule has 0 fully saturated rings. The van der Waals surface area contributed by atoms with E-state index < -0.39 is 6.09 Å². The summed E-state index contributed by atoms with van der Waals surface area (Å²) in [6, 6.07) is 7.38. The molecule has 0 aliphatic rings. The van der Waals surface area contributed by atoms with Gasteiger partial charge in [-0.2, -0.15) is 0 Å². The number of benzene rings is 1. The van der Waals surface area contributed by atoms with E-state index in [0.717, 1.165) is 29.6 Å². The number of nitrogens with one attached hydrogen (secondary N) is 2. The number of fused-ring (bicyclic) bond motifs is 1. The number of ether oxygens (including phenoxy) is 1. The molecule has 1 heterocycles. The molecule has 1 aromatic heterocycles. The fourth-order valence-corrected chi connectivity index (χ4v) is 2.17. The average Bonchev–Trinajstić information content (AvgIpc) is 2.50. The quantitative estimate of drug-likeness (QED) is 0.650. The smallest absolute Gasteiger partial charge is 0.404 e. The molecule has 0 spiro atoms. The second-order valence-electron chi connectivity index (χ2n) is 4.66. The van der Waals surface area contributed by atoms with Crippen molar-refractivity contribution in [2.24, 2.45) is 0 Å². The van der Waals surface area contributed by atoms with Gasteiger partial charge in [0.2, 0.25) is 0 Å². The highest BCUT2D eigenvalue weighted by Gasteiger charge is 2.02. The van der Waals surface area contributed by atoms with Gasteiger partial charge in [0.25, 0.3) is 0 Å². The Labute approximate surface area is 133 Å². The number of pyridine rings is 1. The molecule has 0 bridgehead atoms. The number of rotatable bonds is 8. The molecule has 3 N–H and O–H groups in total. The maximum Gasteiger partial charge on any atom is 0.404 e. The fourth-order valence-electron chi connectivity index (χ4n) is 1.96. The van der Waals surface area contributed by atoms with Crippen molar-refractivity contribution in [3.05, 3.63) is 35.5 Å². The van der Waals surface area contributed by atoms with Crippen LogP contribution in [0.25, 0.3) is 10.9 Å². The van der Waals surface area contributed by atoms with Gasteiger partial charge in [0.1, 0.15) is 12.4 Å². The largest absolute Gasteiger partial charge is 0.492 e. The number of hydrogen-bond donors (Lipinski definition) is 3. The van der Waals surface area contributed by atoms with Gasteiger partial charge in [-0.15, -0.1) is 0 Å². The lowest BCUT2D eigenvalue weighted by Gasteiger charge is -2.08. The third-order valence-electron chi connectivity index (χ3n) is 3.02. The molecule has 0 saturated carbocycles. The van der Waals surface area contributed by atoms with E-state index in [1.54, 1.807) is 12.3 Å². The molecular weight excluding hydrogens is 306 g/mol. The van der Waals surface area contributed by atoms with Crippen molar-refractivity contribution in [2.75, 3.05) is 26.2 Å². The SMILES string of the molecule is O=C(O)NCCCNCCOc1ccc2c(Cl)ccnc2c1. The summed E-state index contributed by atoms with van der Waals surface area (Å²) in [7, 11) is 0. The second kappa shape index (κ2) is 8.41. The summed E-state index contributed by atoms with van der Waals surface area (Å²) < 4.78 is 5.64. The lowest BCUT2D eigenvalue weighted by atomic mass is 10.2. The average molecular weight is 324 g/mol. The number of halogens is 1. The van der Waals surface area contributed by atoms with Crippen LogP contribution in [0.3, 0.4) is 0 Å². The van der Waals surface area contributed by atoms with E-state index in [4.69, 9.17) is 21.4 Å². The van der Waals surface area contributed by atoms with Crippen molar-refractivity contribution in [3.8, 4) is 5.75 Å². The molecule has 0 unspecified atom stereocenters. The van der Waals surface area contributed by atoms with Gasteiger partial charge in [0.15, 0.2) is 0 Å². The zero-order valence-corrected chi connectivity index (χ0v) is 12.8. The Bertz CT molecular complexity index is 636. The number of carboxylic acid groups (broad SMARTS) is 1. The number of aromatic nitrogens is 1. The van der Waals surface area contributed by atoms with Crippen LogP contribution in [0.15, 0.2) is 30.5 Å². The fraction of sp³-hybridized carbons (Fsp3) is 0.333. The van der Waals surface area contributed by atoms with E-state index >= 15 is 0 Å². The second-order valence-corrected chi connectivity index (χ2v) is 5.06. The predicted octanol–water partition coefficient (Wildman–Crippen LogP) is 2.51. The van der Waals surface area contributed by atoms with Gasteiger partial charge < -0.3 is 20.5 Å². The van der Waals surface area contributed by atoms with Crippen LogP contribution in [-0.2, 0) is 0 Å². The van der Waals surface area contributed by atoms with Crippen LogP contribution < -0.4 is 15.4 Å². The van der Waals surface area contributed by atoms with Crippen molar-refractivity contribution in [1.29, 1.82) is 0 Å². The van der Waals surface area contributed by atoms with E-state index in [9.17, 15) is 4.79 Å². The van der Waals surface area contributed by atoms with Gasteiger partial charge in [-0.05, 0) is 31.2 Å². The number of hydrogen-bond acceptors (Lipinski definition) is 4. The van der Waals surface area contributed by atoms with Crippen LogP contribution in [0.4, 0.5) is 4.79 Å². The van der Waals surface area contributed by atoms with Gasteiger partial charge in [0, 0.05) is 30.7 Å². The van der Waals surface area contributed by atoms with E-state index in [2.05, 4.69) is 15.6 Å². The van der Waals surface area contributed by atoms with Crippen LogP contribution in [0, 0.1) is 0 Å². The summed E-state index contributed by atoms with van der Waals surface area (Å²) in [6.07, 6.45) is 1.42. The lowest BCUT2D eigenvalue weighted by molar-refractivity contribution is 0.194. The molecule has 6 nitrogen and oxygen atoms in total. The highest BCUT2D eigenvalue weighted by molar-refractivity contribution is 6.35. The van der Waals surface area contributed by atoms with Gasteiger partial charge >= 0.3 is 6.09 Å². The molecule has 1 aromatic carbocycles. The summed E-state index contributed by atoms with van der Waals surface area (Å²) in [5, 5.41) is 15.5. The normalized spacial score (nSPS) is 10.6. The Kier molecular flexibility index (Phi) is 6.24. The third kappa shape index (κ3) is 5.05. The lowest BCUT2D eigenvalue weighted by Crippen LogP contribution is -2.27. The third-order valence-corrected chi connectivity index (χ3v) is 3.34. The minimum atomic E-state index is -0.992. The number of carbonyl (C=O) groups is 1. The van der Waals surface area contributed by atoms with Gasteiger partial charge in [-0.25, -0.2) is 4.79 Å².